The molecule has 6 N–H and O–H groups in total. The highest BCUT2D eigenvalue weighted by Crippen LogP contribution is 2.33. The highest BCUT2D eigenvalue weighted by Gasteiger charge is 2.30. The highest BCUT2D eigenvalue weighted by atomic mass is 16.5. The first-order chi connectivity index (χ1) is 19.9. The van der Waals surface area contributed by atoms with Crippen LogP contribution in [0.4, 0.5) is 5.82 Å². The fourth-order valence-electron chi connectivity index (χ4n) is 4.60. The van der Waals surface area contributed by atoms with E-state index in [1.165, 1.54) is 37.5 Å². The molecule has 0 unspecified atom stereocenters. The molecule has 5 rings (SSSR count). The Morgan fingerprint density at radius 2 is 1.90 bits per heavy atom. The van der Waals surface area contributed by atoms with Gasteiger partial charge in [-0.1, -0.05) is 35.9 Å². The molecule has 1 saturated carbocycles. The monoisotopic (exact) mass is 557 g/mol. The normalized spacial score (nSPS) is 15.1. The Morgan fingerprint density at radius 3 is 2.51 bits per heavy atom. The zero-order chi connectivity index (χ0) is 29.4. The number of rotatable bonds is 8. The zero-order valence-corrected chi connectivity index (χ0v) is 23.2. The van der Waals surface area contributed by atoms with E-state index in [1.54, 1.807) is 0 Å². The first kappa shape index (κ1) is 29.2. The molecule has 11 heteroatoms. The highest BCUT2D eigenvalue weighted by molar-refractivity contribution is 6.37. The first-order valence-corrected chi connectivity index (χ1v) is 13.4. The maximum Gasteiger partial charge on any atom is 0.227 e. The molecule has 1 aliphatic carbocycles. The van der Waals surface area contributed by atoms with Gasteiger partial charge in [0.1, 0.15) is 5.75 Å². The molecule has 1 aromatic carbocycles. The van der Waals surface area contributed by atoms with Gasteiger partial charge >= 0.3 is 0 Å². The fraction of sp³-hybridized carbons (Fsp3) is 0.300. The summed E-state index contributed by atoms with van der Waals surface area (Å²) < 4.78 is 10.7. The van der Waals surface area contributed by atoms with E-state index in [1.807, 2.05) is 30.3 Å². The summed E-state index contributed by atoms with van der Waals surface area (Å²) in [6, 6.07) is 10.0. The average molecular weight is 558 g/mol. The molecule has 1 aliphatic heterocycles. The molecule has 3 aromatic rings. The number of piperidine rings is 1. The van der Waals surface area contributed by atoms with Crippen molar-refractivity contribution in [2.24, 2.45) is 11.7 Å². The lowest BCUT2D eigenvalue weighted by Gasteiger charge is -2.26. The van der Waals surface area contributed by atoms with Crippen LogP contribution in [0.1, 0.15) is 41.6 Å². The van der Waals surface area contributed by atoms with Crippen molar-refractivity contribution in [1.82, 2.24) is 14.9 Å². The second kappa shape index (κ2) is 13.5. The van der Waals surface area contributed by atoms with E-state index in [0.29, 0.717) is 22.5 Å². The number of hydrogen-bond acceptors (Lipinski definition) is 10. The van der Waals surface area contributed by atoms with Crippen molar-refractivity contribution >= 4 is 46.2 Å². The summed E-state index contributed by atoms with van der Waals surface area (Å²) in [5.74, 6) is 0.886. The van der Waals surface area contributed by atoms with Gasteiger partial charge in [0, 0.05) is 43.2 Å². The lowest BCUT2D eigenvalue weighted by atomic mass is 9.93. The lowest BCUT2D eigenvalue weighted by Crippen LogP contribution is -2.28. The number of carbonyl (C=O) groups excluding carboxylic acids is 2. The molecule has 0 radical (unpaired) electrons. The van der Waals surface area contributed by atoms with Gasteiger partial charge in [0.2, 0.25) is 11.7 Å². The number of ketones is 1. The summed E-state index contributed by atoms with van der Waals surface area (Å²) in [6.07, 6.45) is 9.95. The van der Waals surface area contributed by atoms with Crippen molar-refractivity contribution in [3.05, 3.63) is 71.8 Å². The van der Waals surface area contributed by atoms with E-state index in [-0.39, 0.29) is 29.6 Å². The zero-order valence-electron chi connectivity index (χ0n) is 23.2. The third-order valence-electron chi connectivity index (χ3n) is 6.98. The van der Waals surface area contributed by atoms with E-state index in [4.69, 9.17) is 26.0 Å². The van der Waals surface area contributed by atoms with Crippen molar-refractivity contribution in [3.63, 3.8) is 0 Å². The smallest absolute Gasteiger partial charge is 0.227 e. The Kier molecular flexibility index (Phi) is 9.64. The number of carbonyl (C=O) groups is 2. The molecule has 1 saturated heterocycles. The van der Waals surface area contributed by atoms with Gasteiger partial charge in [0.05, 0.1) is 29.8 Å². The largest absolute Gasteiger partial charge is 0.494 e. The second-order valence-electron chi connectivity index (χ2n) is 9.83. The summed E-state index contributed by atoms with van der Waals surface area (Å²) >= 11 is 0. The number of aldehydes is 1. The van der Waals surface area contributed by atoms with Crippen molar-refractivity contribution in [1.29, 1.82) is 10.8 Å². The number of anilines is 1. The number of H-pyrrole nitrogens is 1. The van der Waals surface area contributed by atoms with E-state index < -0.39 is 5.78 Å². The number of fused-ring (bicyclic) bond motifs is 1. The minimum atomic E-state index is -0.629. The number of nitrogens with zero attached hydrogens (tertiary/aromatic N) is 2. The minimum Gasteiger partial charge on any atom is -0.494 e. The van der Waals surface area contributed by atoms with E-state index >= 15 is 0 Å². The molecular weight excluding hydrogens is 522 g/mol. The fourth-order valence-corrected chi connectivity index (χ4v) is 4.60. The van der Waals surface area contributed by atoms with Crippen molar-refractivity contribution in [2.45, 2.75) is 25.7 Å². The van der Waals surface area contributed by atoms with Gasteiger partial charge in [0.15, 0.2) is 18.0 Å². The summed E-state index contributed by atoms with van der Waals surface area (Å²) in [7, 11) is 3.59. The predicted molar refractivity (Wildman–Crippen MR) is 159 cm³/mol. The van der Waals surface area contributed by atoms with Crippen molar-refractivity contribution in [3.8, 4) is 5.75 Å². The van der Waals surface area contributed by atoms with Crippen LogP contribution in [-0.4, -0.2) is 66.0 Å². The molecule has 0 atom stereocenters. The number of nitrogens with one attached hydrogen (secondary N) is 4. The summed E-state index contributed by atoms with van der Waals surface area (Å²) in [4.78, 5) is 31.5. The van der Waals surface area contributed by atoms with Gasteiger partial charge in [0.25, 0.3) is 0 Å². The van der Waals surface area contributed by atoms with E-state index in [9.17, 15) is 9.59 Å². The summed E-state index contributed by atoms with van der Waals surface area (Å²) in [6.45, 7) is 2.03. The number of aromatic nitrogens is 2. The Labute approximate surface area is 238 Å². The molecule has 0 bridgehead atoms. The number of ether oxygens (including phenoxy) is 2. The van der Waals surface area contributed by atoms with Gasteiger partial charge in [-0.05, 0) is 38.3 Å². The topological polar surface area (TPSA) is 170 Å². The van der Waals surface area contributed by atoms with Gasteiger partial charge in [-0.2, -0.15) is 0 Å². The Morgan fingerprint density at radius 1 is 1.20 bits per heavy atom. The number of Topliss-reactive ketones (excluding diaryl/α,β-unsaturated/α-hetero) is 1. The van der Waals surface area contributed by atoms with Crippen LogP contribution in [-0.2, 0) is 9.53 Å². The Hall–Kier alpha value is -4.77. The molecule has 2 aliphatic rings. The van der Waals surface area contributed by atoms with Gasteiger partial charge < -0.3 is 30.4 Å². The maximum atomic E-state index is 11.6. The quantitative estimate of drug-likeness (QED) is 0.0895. The van der Waals surface area contributed by atoms with Crippen molar-refractivity contribution < 1.29 is 19.1 Å². The molecule has 0 spiro atoms. The number of likely N-dealkylation sites (tertiary alicyclic amines) is 1. The third-order valence-corrected chi connectivity index (χ3v) is 6.98. The van der Waals surface area contributed by atoms with Crippen LogP contribution in [0.25, 0.3) is 16.5 Å². The third kappa shape index (κ3) is 7.06. The number of methoxy groups -OCH3 is 1. The van der Waals surface area contributed by atoms with Crippen LogP contribution in [0.2, 0.25) is 0 Å². The molecule has 2 aromatic heterocycles. The molecule has 3 heterocycles. The number of aromatic amines is 1. The maximum absolute atomic E-state index is 11.6. The van der Waals surface area contributed by atoms with Crippen LogP contribution in [0.5, 0.6) is 5.75 Å². The van der Waals surface area contributed by atoms with Gasteiger partial charge in [-0.15, -0.1) is 0 Å². The van der Waals surface area contributed by atoms with Crippen molar-refractivity contribution in [2.75, 3.05) is 32.6 Å². The van der Waals surface area contributed by atoms with E-state index in [0.717, 1.165) is 49.9 Å². The predicted octanol–water partition coefficient (Wildman–Crippen LogP) is 4.34. The molecule has 41 heavy (non-hydrogen) atoms. The number of benzene rings is 1. The number of nitrogens with two attached hydrogens (primary N) is 1. The first-order valence-electron chi connectivity index (χ1n) is 13.4. The van der Waals surface area contributed by atoms with Crippen LogP contribution in [0.3, 0.4) is 0 Å². The number of pyridine rings is 1. The summed E-state index contributed by atoms with van der Waals surface area (Å²) in [5, 5.41) is 19.7. The number of hydrogen-bond donors (Lipinski definition) is 5. The minimum absolute atomic E-state index is 0.141. The second-order valence-corrected chi connectivity index (χ2v) is 9.83. The van der Waals surface area contributed by atoms with Crippen LogP contribution in [0.15, 0.2) is 60.7 Å². The Bertz CT molecular complexity index is 1480. The van der Waals surface area contributed by atoms with Crippen LogP contribution < -0.4 is 15.8 Å². The molecule has 214 valence electrons. The van der Waals surface area contributed by atoms with Crippen LogP contribution >= 0.6 is 0 Å². The molecular formula is C30H35N7O4. The SMILES string of the molecule is CN1CCC(=C(C(=N)OC(=N)C2CC2)c2ccccc2)CC1.COc1cnc(N/C=C\N)c2[nH]cc(C(=O)C=O)c12. The van der Waals surface area contributed by atoms with Gasteiger partial charge in [-0.25, -0.2) is 4.98 Å². The molecule has 0 amide bonds. The molecule has 11 nitrogen and oxygen atoms in total. The van der Waals surface area contributed by atoms with E-state index in [2.05, 4.69) is 27.2 Å². The Balaban J connectivity index is 0.000000191. The van der Waals surface area contributed by atoms with Crippen LogP contribution in [0, 0.1) is 16.7 Å². The molecule has 2 fully saturated rings. The lowest BCUT2D eigenvalue weighted by molar-refractivity contribution is -0.104. The summed E-state index contributed by atoms with van der Waals surface area (Å²) in [5.41, 5.74) is 9.23. The van der Waals surface area contributed by atoms with Gasteiger partial charge in [-0.3, -0.25) is 20.4 Å². The standard InChI is InChI=1S/C18H23N3O.C12H12N4O3/c1-21-11-9-14(10-12-21)16(13-5-3-2-4-6-13)18(20)22-17(19)15-7-8-15;1-19-9-5-16-12(14-3-2-13)11-10(9)7(4-15-11)8(18)6-17/h2-6,15,19-20H,7-12H2,1H3;2-6,15H,13H2,1H3,(H,14,16)/b;3-2-. The average Bonchev–Trinajstić information content (AvgIpc) is 3.76.